The Kier molecular flexibility index (Phi) is 5.03. The van der Waals surface area contributed by atoms with Gasteiger partial charge in [-0.15, -0.1) is 0 Å². The number of pyridine rings is 1. The molecule has 1 N–H and O–H groups in total. The molecule has 2 aromatic rings. The number of aromatic nitrogens is 1. The molecule has 28 heavy (non-hydrogen) atoms. The van der Waals surface area contributed by atoms with Crippen molar-refractivity contribution in [1.29, 1.82) is 0 Å². The fourth-order valence-corrected chi connectivity index (χ4v) is 4.20. The van der Waals surface area contributed by atoms with Gasteiger partial charge in [-0.25, -0.2) is 0 Å². The highest BCUT2D eigenvalue weighted by molar-refractivity contribution is 5.93. The Bertz CT molecular complexity index is 909. The van der Waals surface area contributed by atoms with Crippen LogP contribution >= 0.6 is 0 Å². The number of fused-ring (bicyclic) bond motifs is 1. The summed E-state index contributed by atoms with van der Waals surface area (Å²) >= 11 is 0. The molecule has 1 atom stereocenters. The molecule has 0 fully saturated rings. The zero-order valence-electron chi connectivity index (χ0n) is 18.4. The fraction of sp³-hybridized carbons (Fsp3) is 0.500. The van der Waals surface area contributed by atoms with E-state index in [4.69, 9.17) is 4.74 Å². The van der Waals surface area contributed by atoms with Crippen molar-refractivity contribution in [2.24, 2.45) is 5.41 Å². The van der Waals surface area contributed by atoms with Gasteiger partial charge in [-0.05, 0) is 68.9 Å². The number of ether oxygens (including phenoxy) is 1. The van der Waals surface area contributed by atoms with Gasteiger partial charge in [0.05, 0.1) is 11.6 Å². The Hall–Kier alpha value is -2.36. The molecule has 0 radical (unpaired) electrons. The summed E-state index contributed by atoms with van der Waals surface area (Å²) in [6, 6.07) is 5.99. The van der Waals surface area contributed by atoms with Crippen LogP contribution in [0.1, 0.15) is 74.9 Å². The summed E-state index contributed by atoms with van der Waals surface area (Å²) in [5, 5.41) is 3.19. The maximum Gasteiger partial charge on any atom is 0.224 e. The van der Waals surface area contributed by atoms with E-state index in [0.717, 1.165) is 39.4 Å². The zero-order chi connectivity index (χ0) is 20.9. The van der Waals surface area contributed by atoms with Crippen LogP contribution in [0.5, 0.6) is 5.75 Å². The van der Waals surface area contributed by atoms with Crippen molar-refractivity contribution in [2.45, 2.75) is 73.3 Å². The maximum absolute atomic E-state index is 12.7. The summed E-state index contributed by atoms with van der Waals surface area (Å²) in [7, 11) is 0. The summed E-state index contributed by atoms with van der Waals surface area (Å²) in [5.74, 6) is 0.997. The van der Waals surface area contributed by atoms with E-state index < -0.39 is 5.60 Å². The Morgan fingerprint density at radius 3 is 2.39 bits per heavy atom. The van der Waals surface area contributed by atoms with Crippen molar-refractivity contribution in [3.05, 3.63) is 52.3 Å². The molecule has 2 heterocycles. The molecule has 0 aliphatic carbocycles. The molecule has 1 aromatic carbocycles. The van der Waals surface area contributed by atoms with E-state index in [0.29, 0.717) is 6.42 Å². The highest BCUT2D eigenvalue weighted by Gasteiger charge is 2.45. The van der Waals surface area contributed by atoms with Crippen molar-refractivity contribution < 1.29 is 9.53 Å². The van der Waals surface area contributed by atoms with Crippen LogP contribution in [-0.4, -0.2) is 16.5 Å². The average Bonchev–Trinajstić information content (AvgIpc) is 2.87. The standard InChI is InChI=1S/C24H32N2O2/c1-14-15(2)22-19(16(3)21(14)26-18(27)13-23(4,5)6)20(24(7,8)28-22)17-11-9-10-12-25-17/h9-12,20H,13H2,1-8H3,(H,26,27). The highest BCUT2D eigenvalue weighted by atomic mass is 16.5. The second-order valence-corrected chi connectivity index (χ2v) is 9.67. The second-order valence-electron chi connectivity index (χ2n) is 9.67. The third-order valence-electron chi connectivity index (χ3n) is 5.59. The average molecular weight is 381 g/mol. The molecule has 4 nitrogen and oxygen atoms in total. The van der Waals surface area contributed by atoms with Crippen molar-refractivity contribution in [3.8, 4) is 5.75 Å². The third kappa shape index (κ3) is 3.65. The van der Waals surface area contributed by atoms with Gasteiger partial charge in [0.15, 0.2) is 0 Å². The molecule has 1 amide bonds. The SMILES string of the molecule is Cc1c(C)c2c(c(C)c1NC(=O)CC(C)(C)C)C(c1ccccn1)C(C)(C)O2. The van der Waals surface area contributed by atoms with Crippen LogP contribution < -0.4 is 10.1 Å². The molecule has 150 valence electrons. The molecule has 0 bridgehead atoms. The van der Waals surface area contributed by atoms with Gasteiger partial charge in [0.2, 0.25) is 5.91 Å². The normalized spacial score (nSPS) is 17.8. The lowest BCUT2D eigenvalue weighted by Crippen LogP contribution is -2.31. The molecule has 1 unspecified atom stereocenters. The number of carbonyl (C=O) groups excluding carboxylic acids is 1. The molecular weight excluding hydrogens is 348 g/mol. The van der Waals surface area contributed by atoms with Crippen molar-refractivity contribution in [3.63, 3.8) is 0 Å². The Labute approximate surface area is 168 Å². The van der Waals surface area contributed by atoms with E-state index in [2.05, 4.69) is 71.8 Å². The van der Waals surface area contributed by atoms with Crippen LogP contribution in [0.4, 0.5) is 5.69 Å². The van der Waals surface area contributed by atoms with E-state index in [1.807, 2.05) is 18.3 Å². The lowest BCUT2D eigenvalue weighted by molar-refractivity contribution is -0.117. The topological polar surface area (TPSA) is 51.2 Å². The number of hydrogen-bond donors (Lipinski definition) is 1. The summed E-state index contributed by atoms with van der Waals surface area (Å²) in [6.45, 7) is 16.7. The maximum atomic E-state index is 12.7. The zero-order valence-corrected chi connectivity index (χ0v) is 18.4. The van der Waals surface area contributed by atoms with E-state index >= 15 is 0 Å². The molecule has 1 aromatic heterocycles. The lowest BCUT2D eigenvalue weighted by Gasteiger charge is -2.26. The van der Waals surface area contributed by atoms with Gasteiger partial charge in [-0.2, -0.15) is 0 Å². The van der Waals surface area contributed by atoms with Crippen LogP contribution in [0, 0.1) is 26.2 Å². The Morgan fingerprint density at radius 2 is 1.82 bits per heavy atom. The number of carbonyl (C=O) groups is 1. The van der Waals surface area contributed by atoms with E-state index in [1.165, 1.54) is 0 Å². The monoisotopic (exact) mass is 380 g/mol. The van der Waals surface area contributed by atoms with Crippen LogP contribution in [0.25, 0.3) is 0 Å². The molecule has 3 rings (SSSR count). The molecule has 0 spiro atoms. The molecular formula is C24H32N2O2. The quantitative estimate of drug-likeness (QED) is 0.745. The van der Waals surface area contributed by atoms with E-state index in [9.17, 15) is 4.79 Å². The number of amides is 1. The Morgan fingerprint density at radius 1 is 1.14 bits per heavy atom. The third-order valence-corrected chi connectivity index (χ3v) is 5.59. The van der Waals surface area contributed by atoms with Crippen LogP contribution in [0.15, 0.2) is 24.4 Å². The number of nitrogens with zero attached hydrogens (tertiary/aromatic N) is 1. The van der Waals surface area contributed by atoms with E-state index in [-0.39, 0.29) is 17.2 Å². The number of benzene rings is 1. The van der Waals surface area contributed by atoms with Gasteiger partial charge in [0, 0.05) is 23.9 Å². The molecule has 4 heteroatoms. The minimum atomic E-state index is -0.410. The van der Waals surface area contributed by atoms with Gasteiger partial charge >= 0.3 is 0 Å². The largest absolute Gasteiger partial charge is 0.486 e. The second kappa shape index (κ2) is 6.91. The smallest absolute Gasteiger partial charge is 0.224 e. The van der Waals surface area contributed by atoms with Gasteiger partial charge < -0.3 is 10.1 Å². The Balaban J connectivity index is 2.13. The molecule has 0 saturated heterocycles. The summed E-state index contributed by atoms with van der Waals surface area (Å²) in [5.41, 5.74) is 5.79. The molecule has 1 aliphatic heterocycles. The first-order valence-electron chi connectivity index (χ1n) is 9.96. The minimum absolute atomic E-state index is 0.0151. The van der Waals surface area contributed by atoms with Crippen molar-refractivity contribution in [2.75, 3.05) is 5.32 Å². The van der Waals surface area contributed by atoms with Crippen LogP contribution in [0.3, 0.4) is 0 Å². The lowest BCUT2D eigenvalue weighted by atomic mass is 9.80. The van der Waals surface area contributed by atoms with Crippen LogP contribution in [-0.2, 0) is 4.79 Å². The first-order chi connectivity index (χ1) is 12.9. The van der Waals surface area contributed by atoms with Gasteiger partial charge in [-0.1, -0.05) is 26.8 Å². The number of hydrogen-bond acceptors (Lipinski definition) is 3. The number of nitrogens with one attached hydrogen (secondary N) is 1. The van der Waals surface area contributed by atoms with Gasteiger partial charge in [0.1, 0.15) is 11.4 Å². The summed E-state index contributed by atoms with van der Waals surface area (Å²) < 4.78 is 6.44. The van der Waals surface area contributed by atoms with Crippen LogP contribution in [0.2, 0.25) is 0 Å². The van der Waals surface area contributed by atoms with E-state index in [1.54, 1.807) is 0 Å². The minimum Gasteiger partial charge on any atom is -0.486 e. The number of rotatable bonds is 3. The predicted octanol–water partition coefficient (Wildman–Crippen LogP) is 5.68. The van der Waals surface area contributed by atoms with Crippen molar-refractivity contribution in [1.82, 2.24) is 4.98 Å². The first kappa shape index (κ1) is 20.4. The molecule has 0 saturated carbocycles. The first-order valence-corrected chi connectivity index (χ1v) is 9.96. The predicted molar refractivity (Wildman–Crippen MR) is 114 cm³/mol. The molecule has 1 aliphatic rings. The fourth-order valence-electron chi connectivity index (χ4n) is 4.20. The van der Waals surface area contributed by atoms with Gasteiger partial charge in [0.25, 0.3) is 0 Å². The summed E-state index contributed by atoms with van der Waals surface area (Å²) in [6.07, 6.45) is 2.31. The highest BCUT2D eigenvalue weighted by Crippen LogP contribution is 2.53. The van der Waals surface area contributed by atoms with Crippen molar-refractivity contribution >= 4 is 11.6 Å². The van der Waals surface area contributed by atoms with Gasteiger partial charge in [-0.3, -0.25) is 9.78 Å². The summed E-state index contributed by atoms with van der Waals surface area (Å²) in [4.78, 5) is 17.3. The number of anilines is 1.